The van der Waals surface area contributed by atoms with Crippen molar-refractivity contribution in [3.05, 3.63) is 35.9 Å². The average Bonchev–Trinajstić information content (AvgIpc) is 2.70. The average molecular weight is 245 g/mol. The van der Waals surface area contributed by atoms with Crippen LogP contribution in [0.5, 0.6) is 0 Å². The SMILES string of the molecule is CC1C(c2ccccc2)CCN1C(=O)C(C)(C)C. The molecule has 1 aromatic rings. The first kappa shape index (κ1) is 13.1. The third-order valence-electron chi connectivity index (χ3n) is 3.89. The van der Waals surface area contributed by atoms with E-state index in [9.17, 15) is 4.79 Å². The maximum absolute atomic E-state index is 12.4. The summed E-state index contributed by atoms with van der Waals surface area (Å²) in [5, 5.41) is 0. The maximum atomic E-state index is 12.4. The van der Waals surface area contributed by atoms with Crippen LogP contribution in [0.25, 0.3) is 0 Å². The molecule has 1 heterocycles. The van der Waals surface area contributed by atoms with Crippen LogP contribution in [0, 0.1) is 5.41 Å². The van der Waals surface area contributed by atoms with Crippen molar-refractivity contribution in [3.8, 4) is 0 Å². The number of carbonyl (C=O) groups excluding carboxylic acids is 1. The van der Waals surface area contributed by atoms with E-state index in [0.717, 1.165) is 13.0 Å². The molecule has 2 unspecified atom stereocenters. The second kappa shape index (κ2) is 4.75. The fourth-order valence-electron chi connectivity index (χ4n) is 2.80. The summed E-state index contributed by atoms with van der Waals surface area (Å²) in [6.45, 7) is 9.05. The van der Waals surface area contributed by atoms with Crippen molar-refractivity contribution < 1.29 is 4.79 Å². The minimum Gasteiger partial charge on any atom is -0.339 e. The Bertz CT molecular complexity index is 418. The molecule has 1 amide bonds. The quantitative estimate of drug-likeness (QED) is 0.742. The number of amides is 1. The first-order valence-corrected chi connectivity index (χ1v) is 6.77. The van der Waals surface area contributed by atoms with Crippen LogP contribution >= 0.6 is 0 Å². The zero-order chi connectivity index (χ0) is 13.3. The van der Waals surface area contributed by atoms with Crippen LogP contribution in [-0.4, -0.2) is 23.4 Å². The lowest BCUT2D eigenvalue weighted by molar-refractivity contribution is -0.140. The van der Waals surface area contributed by atoms with Gasteiger partial charge in [-0.2, -0.15) is 0 Å². The molecule has 1 fully saturated rings. The van der Waals surface area contributed by atoms with E-state index in [1.165, 1.54) is 5.56 Å². The lowest BCUT2D eigenvalue weighted by atomic mass is 9.91. The zero-order valence-corrected chi connectivity index (χ0v) is 11.8. The van der Waals surface area contributed by atoms with Gasteiger partial charge in [0.15, 0.2) is 0 Å². The predicted molar refractivity (Wildman–Crippen MR) is 74.4 cm³/mol. The molecule has 0 radical (unpaired) electrons. The molecule has 1 aromatic carbocycles. The van der Waals surface area contributed by atoms with Crippen molar-refractivity contribution in [2.45, 2.75) is 46.1 Å². The zero-order valence-electron chi connectivity index (χ0n) is 11.8. The Hall–Kier alpha value is -1.31. The molecule has 1 saturated heterocycles. The highest BCUT2D eigenvalue weighted by molar-refractivity contribution is 5.82. The molecule has 1 aliphatic heterocycles. The Morgan fingerprint density at radius 1 is 1.22 bits per heavy atom. The summed E-state index contributed by atoms with van der Waals surface area (Å²) in [7, 11) is 0. The fraction of sp³-hybridized carbons (Fsp3) is 0.562. The van der Waals surface area contributed by atoms with Gasteiger partial charge < -0.3 is 4.90 Å². The maximum Gasteiger partial charge on any atom is 0.228 e. The van der Waals surface area contributed by atoms with Gasteiger partial charge in [0.1, 0.15) is 0 Å². The van der Waals surface area contributed by atoms with Gasteiger partial charge in [-0.1, -0.05) is 51.1 Å². The number of likely N-dealkylation sites (tertiary alicyclic amines) is 1. The molecule has 0 saturated carbocycles. The number of rotatable bonds is 1. The highest BCUT2D eigenvalue weighted by Crippen LogP contribution is 2.35. The highest BCUT2D eigenvalue weighted by Gasteiger charge is 2.38. The smallest absolute Gasteiger partial charge is 0.228 e. The van der Waals surface area contributed by atoms with Gasteiger partial charge in [0, 0.05) is 23.9 Å². The number of nitrogens with zero attached hydrogens (tertiary/aromatic N) is 1. The summed E-state index contributed by atoms with van der Waals surface area (Å²) in [5.41, 5.74) is 1.08. The summed E-state index contributed by atoms with van der Waals surface area (Å²) in [6, 6.07) is 10.9. The molecular formula is C16H23NO. The van der Waals surface area contributed by atoms with Crippen molar-refractivity contribution in [2.24, 2.45) is 5.41 Å². The van der Waals surface area contributed by atoms with Crippen molar-refractivity contribution in [1.82, 2.24) is 4.90 Å². The van der Waals surface area contributed by atoms with Crippen molar-refractivity contribution in [1.29, 1.82) is 0 Å². The van der Waals surface area contributed by atoms with E-state index in [4.69, 9.17) is 0 Å². The number of hydrogen-bond acceptors (Lipinski definition) is 1. The normalized spacial score (nSPS) is 24.3. The van der Waals surface area contributed by atoms with Crippen LogP contribution in [0.3, 0.4) is 0 Å². The van der Waals surface area contributed by atoms with Crippen LogP contribution in [0.4, 0.5) is 0 Å². The molecule has 2 nitrogen and oxygen atoms in total. The van der Waals surface area contributed by atoms with Gasteiger partial charge >= 0.3 is 0 Å². The molecule has 98 valence electrons. The van der Waals surface area contributed by atoms with Gasteiger partial charge in [-0.15, -0.1) is 0 Å². The largest absolute Gasteiger partial charge is 0.339 e. The molecule has 0 aliphatic carbocycles. The van der Waals surface area contributed by atoms with Gasteiger partial charge in [-0.3, -0.25) is 4.79 Å². The molecule has 2 atom stereocenters. The standard InChI is InChI=1S/C16H23NO/c1-12-14(13-8-6-5-7-9-13)10-11-17(12)15(18)16(2,3)4/h5-9,12,14H,10-11H2,1-4H3. The monoisotopic (exact) mass is 245 g/mol. The Morgan fingerprint density at radius 3 is 2.39 bits per heavy atom. The second-order valence-electron chi connectivity index (χ2n) is 6.30. The van der Waals surface area contributed by atoms with Gasteiger partial charge in [-0.25, -0.2) is 0 Å². The summed E-state index contributed by atoms with van der Waals surface area (Å²) < 4.78 is 0. The lowest BCUT2D eigenvalue weighted by Crippen LogP contribution is -2.42. The number of benzene rings is 1. The minimum atomic E-state index is -0.278. The first-order valence-electron chi connectivity index (χ1n) is 6.77. The lowest BCUT2D eigenvalue weighted by Gasteiger charge is -2.30. The Labute approximate surface area is 110 Å². The van der Waals surface area contributed by atoms with Crippen molar-refractivity contribution in [3.63, 3.8) is 0 Å². The van der Waals surface area contributed by atoms with Crippen LogP contribution in [0.15, 0.2) is 30.3 Å². The van der Waals surface area contributed by atoms with Crippen LogP contribution in [-0.2, 0) is 4.79 Å². The fourth-order valence-corrected chi connectivity index (χ4v) is 2.80. The van der Waals surface area contributed by atoms with E-state index in [-0.39, 0.29) is 11.3 Å². The van der Waals surface area contributed by atoms with Crippen molar-refractivity contribution in [2.75, 3.05) is 6.54 Å². The molecular weight excluding hydrogens is 222 g/mol. The molecule has 18 heavy (non-hydrogen) atoms. The van der Waals surface area contributed by atoms with Gasteiger partial charge in [0.05, 0.1) is 0 Å². The molecule has 0 N–H and O–H groups in total. The molecule has 0 bridgehead atoms. The number of carbonyl (C=O) groups is 1. The molecule has 0 spiro atoms. The van der Waals surface area contributed by atoms with Crippen molar-refractivity contribution >= 4 is 5.91 Å². The summed E-state index contributed by atoms with van der Waals surface area (Å²) >= 11 is 0. The second-order valence-corrected chi connectivity index (χ2v) is 6.30. The molecule has 2 rings (SSSR count). The summed E-state index contributed by atoms with van der Waals surface area (Å²) in [6.07, 6.45) is 1.08. The van der Waals surface area contributed by atoms with E-state index in [0.29, 0.717) is 12.0 Å². The van der Waals surface area contributed by atoms with Gasteiger partial charge in [-0.05, 0) is 18.9 Å². The van der Waals surface area contributed by atoms with Crippen LogP contribution < -0.4 is 0 Å². The third-order valence-corrected chi connectivity index (χ3v) is 3.89. The Balaban J connectivity index is 2.15. The van der Waals surface area contributed by atoms with Crippen LogP contribution in [0.1, 0.15) is 45.6 Å². The topological polar surface area (TPSA) is 20.3 Å². The van der Waals surface area contributed by atoms with E-state index < -0.39 is 0 Å². The Morgan fingerprint density at radius 2 is 1.83 bits per heavy atom. The summed E-state index contributed by atoms with van der Waals surface area (Å²) in [4.78, 5) is 14.4. The van der Waals surface area contributed by atoms with Gasteiger partial charge in [0.25, 0.3) is 0 Å². The van der Waals surface area contributed by atoms with E-state index in [2.05, 4.69) is 36.1 Å². The molecule has 2 heteroatoms. The van der Waals surface area contributed by atoms with E-state index in [1.54, 1.807) is 0 Å². The first-order chi connectivity index (χ1) is 8.41. The molecule has 0 aromatic heterocycles. The minimum absolute atomic E-state index is 0.272. The number of hydrogen-bond donors (Lipinski definition) is 0. The Kier molecular flexibility index (Phi) is 3.47. The predicted octanol–water partition coefficient (Wildman–Crippen LogP) is 3.44. The summed E-state index contributed by atoms with van der Waals surface area (Å²) in [5.74, 6) is 0.755. The third kappa shape index (κ3) is 2.43. The van der Waals surface area contributed by atoms with E-state index in [1.807, 2.05) is 26.8 Å². The highest BCUT2D eigenvalue weighted by atomic mass is 16.2. The van der Waals surface area contributed by atoms with Gasteiger partial charge in [0.2, 0.25) is 5.91 Å². The van der Waals surface area contributed by atoms with E-state index >= 15 is 0 Å². The van der Waals surface area contributed by atoms with Crippen LogP contribution in [0.2, 0.25) is 0 Å². The molecule has 1 aliphatic rings.